The molecular weight excluding hydrogens is 276 g/mol. The molecule has 1 aromatic carbocycles. The van der Waals surface area contributed by atoms with E-state index in [4.69, 9.17) is 10.5 Å². The standard InChI is InChI=1S/C14H20N2O3S/c1-14(9-15,11-2-3-11)16-20(17,18)12-4-5-13-10(8-12)6-7-19-13/h4-5,8,11,16H,2-3,6-7,9,15H2,1H3. The van der Waals surface area contributed by atoms with Gasteiger partial charge in [0.25, 0.3) is 0 Å². The molecule has 0 bridgehead atoms. The second-order valence-corrected chi connectivity index (χ2v) is 7.55. The van der Waals surface area contributed by atoms with E-state index in [1.54, 1.807) is 18.2 Å². The van der Waals surface area contributed by atoms with Crippen LogP contribution in [0.15, 0.2) is 23.1 Å². The highest BCUT2D eigenvalue weighted by Gasteiger charge is 2.43. The Balaban J connectivity index is 1.88. The Bertz CT molecular complexity index is 625. The normalized spacial score (nSPS) is 21.1. The summed E-state index contributed by atoms with van der Waals surface area (Å²) in [6.07, 6.45) is 2.83. The van der Waals surface area contributed by atoms with E-state index in [0.717, 1.165) is 30.6 Å². The second kappa shape index (κ2) is 4.72. The number of ether oxygens (including phenoxy) is 1. The molecule has 6 heteroatoms. The van der Waals surface area contributed by atoms with Crippen molar-refractivity contribution >= 4 is 10.0 Å². The van der Waals surface area contributed by atoms with Gasteiger partial charge >= 0.3 is 0 Å². The molecule has 1 fully saturated rings. The zero-order valence-electron chi connectivity index (χ0n) is 11.6. The van der Waals surface area contributed by atoms with Gasteiger partial charge in [0.05, 0.1) is 11.5 Å². The van der Waals surface area contributed by atoms with Gasteiger partial charge < -0.3 is 10.5 Å². The SMILES string of the molecule is CC(CN)(NS(=O)(=O)c1ccc2c(c1)CCO2)C1CC1. The van der Waals surface area contributed by atoms with E-state index < -0.39 is 15.6 Å². The molecule has 1 aromatic rings. The fourth-order valence-corrected chi connectivity index (χ4v) is 4.23. The lowest BCUT2D eigenvalue weighted by Crippen LogP contribution is -2.52. The van der Waals surface area contributed by atoms with Gasteiger partial charge in [0.1, 0.15) is 5.75 Å². The van der Waals surface area contributed by atoms with Crippen LogP contribution < -0.4 is 15.2 Å². The van der Waals surface area contributed by atoms with Crippen LogP contribution in [0, 0.1) is 5.92 Å². The molecule has 5 nitrogen and oxygen atoms in total. The van der Waals surface area contributed by atoms with Gasteiger partial charge in [-0.1, -0.05) is 0 Å². The van der Waals surface area contributed by atoms with Crippen LogP contribution in [0.3, 0.4) is 0 Å². The average molecular weight is 296 g/mol. The van der Waals surface area contributed by atoms with Crippen molar-refractivity contribution in [2.75, 3.05) is 13.2 Å². The fourth-order valence-electron chi connectivity index (χ4n) is 2.71. The first-order chi connectivity index (χ1) is 9.44. The van der Waals surface area contributed by atoms with Gasteiger partial charge in [-0.15, -0.1) is 0 Å². The third-order valence-corrected chi connectivity index (χ3v) is 5.85. The molecule has 1 saturated carbocycles. The summed E-state index contributed by atoms with van der Waals surface area (Å²) in [4.78, 5) is 0.294. The molecule has 20 heavy (non-hydrogen) atoms. The van der Waals surface area contributed by atoms with E-state index in [1.807, 2.05) is 6.92 Å². The molecule has 1 unspecified atom stereocenters. The molecule has 0 saturated heterocycles. The summed E-state index contributed by atoms with van der Waals surface area (Å²) >= 11 is 0. The zero-order chi connectivity index (χ0) is 14.4. The van der Waals surface area contributed by atoms with Crippen LogP contribution >= 0.6 is 0 Å². The zero-order valence-corrected chi connectivity index (χ0v) is 12.4. The smallest absolute Gasteiger partial charge is 0.241 e. The first kappa shape index (κ1) is 13.9. The van der Waals surface area contributed by atoms with Gasteiger partial charge in [-0.2, -0.15) is 0 Å². The summed E-state index contributed by atoms with van der Waals surface area (Å²) in [5.41, 5.74) is 6.18. The largest absolute Gasteiger partial charge is 0.493 e. The van der Waals surface area contributed by atoms with Crippen molar-refractivity contribution < 1.29 is 13.2 Å². The predicted molar refractivity (Wildman–Crippen MR) is 76.1 cm³/mol. The first-order valence-electron chi connectivity index (χ1n) is 6.94. The number of fused-ring (bicyclic) bond motifs is 1. The molecule has 3 N–H and O–H groups in total. The number of hydrogen-bond donors (Lipinski definition) is 2. The molecule has 0 spiro atoms. The van der Waals surface area contributed by atoms with Crippen molar-refractivity contribution in [3.8, 4) is 5.75 Å². The number of nitrogens with one attached hydrogen (secondary N) is 1. The van der Waals surface area contributed by atoms with Crippen molar-refractivity contribution in [1.29, 1.82) is 0 Å². The maximum Gasteiger partial charge on any atom is 0.241 e. The third-order valence-electron chi connectivity index (χ3n) is 4.24. The quantitative estimate of drug-likeness (QED) is 0.850. The summed E-state index contributed by atoms with van der Waals surface area (Å²) in [6, 6.07) is 5.03. The highest BCUT2D eigenvalue weighted by Crippen LogP contribution is 2.40. The molecule has 1 atom stereocenters. The van der Waals surface area contributed by atoms with Crippen LogP contribution in [0.25, 0.3) is 0 Å². The second-order valence-electron chi connectivity index (χ2n) is 5.87. The van der Waals surface area contributed by atoms with Gasteiger partial charge in [0.2, 0.25) is 10.0 Å². The Kier molecular flexibility index (Phi) is 3.27. The first-order valence-corrected chi connectivity index (χ1v) is 8.43. The van der Waals surface area contributed by atoms with Crippen LogP contribution in [0.1, 0.15) is 25.3 Å². The minimum absolute atomic E-state index is 0.294. The fraction of sp³-hybridized carbons (Fsp3) is 0.571. The van der Waals surface area contributed by atoms with Crippen LogP contribution in [-0.2, 0) is 16.4 Å². The van der Waals surface area contributed by atoms with E-state index in [1.165, 1.54) is 0 Å². The van der Waals surface area contributed by atoms with Gasteiger partial charge in [-0.25, -0.2) is 13.1 Å². The Morgan fingerprint density at radius 1 is 1.45 bits per heavy atom. The predicted octanol–water partition coefficient (Wildman–Crippen LogP) is 1.03. The Labute approximate surface area is 119 Å². The van der Waals surface area contributed by atoms with Crippen molar-refractivity contribution in [3.05, 3.63) is 23.8 Å². The highest BCUT2D eigenvalue weighted by molar-refractivity contribution is 7.89. The lowest BCUT2D eigenvalue weighted by atomic mass is 9.98. The van der Waals surface area contributed by atoms with Crippen LogP contribution in [0.4, 0.5) is 0 Å². The van der Waals surface area contributed by atoms with E-state index in [9.17, 15) is 8.42 Å². The van der Waals surface area contributed by atoms with E-state index in [0.29, 0.717) is 24.0 Å². The highest BCUT2D eigenvalue weighted by atomic mass is 32.2. The lowest BCUT2D eigenvalue weighted by molar-refractivity contribution is 0.356. The topological polar surface area (TPSA) is 81.4 Å². The molecule has 1 heterocycles. The minimum Gasteiger partial charge on any atom is -0.493 e. The summed E-state index contributed by atoms with van der Waals surface area (Å²) in [5, 5.41) is 0. The number of nitrogens with two attached hydrogens (primary N) is 1. The number of sulfonamides is 1. The van der Waals surface area contributed by atoms with Gasteiger partial charge in [0, 0.05) is 18.5 Å². The van der Waals surface area contributed by atoms with E-state index in [2.05, 4.69) is 4.72 Å². The van der Waals surface area contributed by atoms with Crippen molar-refractivity contribution in [2.45, 2.75) is 36.6 Å². The van der Waals surface area contributed by atoms with E-state index in [-0.39, 0.29) is 0 Å². The molecular formula is C14H20N2O3S. The van der Waals surface area contributed by atoms with Gasteiger partial charge in [0.15, 0.2) is 0 Å². The molecule has 1 aliphatic heterocycles. The summed E-state index contributed by atoms with van der Waals surface area (Å²) in [5.74, 6) is 1.13. The van der Waals surface area contributed by atoms with Gasteiger partial charge in [-0.05, 0) is 49.4 Å². The summed E-state index contributed by atoms with van der Waals surface area (Å²) in [7, 11) is -3.54. The molecule has 0 aromatic heterocycles. The molecule has 3 rings (SSSR count). The van der Waals surface area contributed by atoms with Crippen molar-refractivity contribution in [2.24, 2.45) is 11.7 Å². The number of benzene rings is 1. The average Bonchev–Trinajstić information content (AvgIpc) is 3.17. The van der Waals surface area contributed by atoms with Crippen LogP contribution in [0.2, 0.25) is 0 Å². The molecule has 0 amide bonds. The van der Waals surface area contributed by atoms with Crippen molar-refractivity contribution in [1.82, 2.24) is 4.72 Å². The molecule has 1 aliphatic carbocycles. The number of rotatable bonds is 5. The Hall–Kier alpha value is -1.11. The Morgan fingerprint density at radius 3 is 2.85 bits per heavy atom. The lowest BCUT2D eigenvalue weighted by Gasteiger charge is -2.29. The van der Waals surface area contributed by atoms with Crippen LogP contribution in [-0.4, -0.2) is 27.1 Å². The third kappa shape index (κ3) is 2.43. The monoisotopic (exact) mass is 296 g/mol. The van der Waals surface area contributed by atoms with Crippen LogP contribution in [0.5, 0.6) is 5.75 Å². The summed E-state index contributed by atoms with van der Waals surface area (Å²) in [6.45, 7) is 2.82. The maximum atomic E-state index is 12.5. The maximum absolute atomic E-state index is 12.5. The molecule has 110 valence electrons. The molecule has 0 radical (unpaired) electrons. The minimum atomic E-state index is -3.54. The van der Waals surface area contributed by atoms with Gasteiger partial charge in [-0.3, -0.25) is 0 Å². The Morgan fingerprint density at radius 2 is 2.20 bits per heavy atom. The summed E-state index contributed by atoms with van der Waals surface area (Å²) < 4.78 is 33.3. The number of hydrogen-bond acceptors (Lipinski definition) is 4. The van der Waals surface area contributed by atoms with Crippen molar-refractivity contribution in [3.63, 3.8) is 0 Å². The molecule has 2 aliphatic rings. The van der Waals surface area contributed by atoms with E-state index >= 15 is 0 Å².